The molecular weight excluding hydrogens is 390 g/mol. The zero-order chi connectivity index (χ0) is 21.8. The number of imidazole rings is 1. The summed E-state index contributed by atoms with van der Waals surface area (Å²) >= 11 is 0. The molecule has 0 aliphatic rings. The molecule has 154 valence electrons. The topological polar surface area (TPSA) is 106 Å². The highest BCUT2D eigenvalue weighted by atomic mass is 16.5. The maximum atomic E-state index is 12.3. The fourth-order valence-electron chi connectivity index (χ4n) is 3.62. The van der Waals surface area contributed by atoms with Crippen LogP contribution in [0.15, 0.2) is 66.7 Å². The lowest BCUT2D eigenvalue weighted by Crippen LogP contribution is -2.30. The molecule has 4 aromatic rings. The van der Waals surface area contributed by atoms with Crippen molar-refractivity contribution >= 4 is 16.9 Å². The highest BCUT2D eigenvalue weighted by Crippen LogP contribution is 2.28. The summed E-state index contributed by atoms with van der Waals surface area (Å²) in [6.45, 7) is 2.80. The van der Waals surface area contributed by atoms with Gasteiger partial charge in [-0.15, -0.1) is 0 Å². The third-order valence-corrected chi connectivity index (χ3v) is 5.03. The second-order valence-electron chi connectivity index (χ2n) is 6.91. The summed E-state index contributed by atoms with van der Waals surface area (Å²) in [5, 5.41) is 9.36. The van der Waals surface area contributed by atoms with Gasteiger partial charge in [-0.2, -0.15) is 10.2 Å². The molecule has 0 spiro atoms. The molecule has 3 aromatic carbocycles. The van der Waals surface area contributed by atoms with Crippen molar-refractivity contribution in [3.05, 3.63) is 83.4 Å². The van der Waals surface area contributed by atoms with Gasteiger partial charge in [-0.05, 0) is 41.8 Å². The fourth-order valence-corrected chi connectivity index (χ4v) is 3.62. The number of rotatable bonds is 6. The molecule has 0 fully saturated rings. The van der Waals surface area contributed by atoms with Crippen LogP contribution in [0.4, 0.5) is 0 Å². The molecule has 0 saturated carbocycles. The molecule has 0 radical (unpaired) electrons. The van der Waals surface area contributed by atoms with E-state index < -0.39 is 5.91 Å². The van der Waals surface area contributed by atoms with E-state index in [4.69, 9.17) is 10.6 Å². The van der Waals surface area contributed by atoms with E-state index in [1.54, 1.807) is 18.2 Å². The molecule has 0 saturated heterocycles. The number of hydrogen-bond acceptors (Lipinski definition) is 5. The Balaban J connectivity index is 1.75. The van der Waals surface area contributed by atoms with Crippen LogP contribution < -0.4 is 16.0 Å². The summed E-state index contributed by atoms with van der Waals surface area (Å²) in [6.07, 6.45) is 0. The van der Waals surface area contributed by atoms with E-state index in [0.29, 0.717) is 41.3 Å². The number of hydrogen-bond donors (Lipinski definition) is 2. The molecule has 0 aliphatic heterocycles. The van der Waals surface area contributed by atoms with Gasteiger partial charge < -0.3 is 4.74 Å². The van der Waals surface area contributed by atoms with Crippen LogP contribution in [0.3, 0.4) is 0 Å². The zero-order valence-corrected chi connectivity index (χ0v) is 17.0. The van der Waals surface area contributed by atoms with Gasteiger partial charge in [-0.25, -0.2) is 5.84 Å². The van der Waals surface area contributed by atoms with Crippen LogP contribution in [0.25, 0.3) is 22.2 Å². The first-order valence-electron chi connectivity index (χ1n) is 9.87. The fraction of sp³-hybridized carbons (Fsp3) is 0.125. The largest absolute Gasteiger partial charge is 0.465 e. The number of nitrogens with two attached hydrogens (primary N) is 1. The van der Waals surface area contributed by atoms with Crippen LogP contribution in [0, 0.1) is 11.3 Å². The Hall–Kier alpha value is -4.15. The Bertz CT molecular complexity index is 1290. The highest BCUT2D eigenvalue weighted by molar-refractivity contribution is 6.05. The van der Waals surface area contributed by atoms with Crippen molar-refractivity contribution in [2.75, 3.05) is 6.61 Å². The van der Waals surface area contributed by atoms with E-state index in [1.165, 1.54) is 0 Å². The number of fused-ring (bicyclic) bond motifs is 1. The van der Waals surface area contributed by atoms with E-state index >= 15 is 0 Å². The second kappa shape index (κ2) is 8.69. The van der Waals surface area contributed by atoms with Crippen molar-refractivity contribution in [2.24, 2.45) is 5.84 Å². The predicted octanol–water partition coefficient (Wildman–Crippen LogP) is 3.63. The number of amides is 1. The molecule has 4 rings (SSSR count). The average molecular weight is 411 g/mol. The molecular formula is C24H21N5O2. The van der Waals surface area contributed by atoms with Gasteiger partial charge in [0.1, 0.15) is 0 Å². The quantitative estimate of drug-likeness (QED) is 0.286. The molecule has 3 N–H and O–H groups in total. The molecule has 7 nitrogen and oxygen atoms in total. The monoisotopic (exact) mass is 411 g/mol. The lowest BCUT2D eigenvalue weighted by atomic mass is 9.99. The van der Waals surface area contributed by atoms with Crippen LogP contribution in [-0.2, 0) is 6.54 Å². The zero-order valence-electron chi connectivity index (χ0n) is 17.0. The van der Waals surface area contributed by atoms with Gasteiger partial charge in [0.25, 0.3) is 11.9 Å². The van der Waals surface area contributed by atoms with Crippen LogP contribution in [0.2, 0.25) is 0 Å². The Kier molecular flexibility index (Phi) is 5.65. The number of nitriles is 1. The molecule has 0 atom stereocenters. The number of para-hydroxylation sites is 1. The number of nitrogens with one attached hydrogen (secondary N) is 1. The third-order valence-electron chi connectivity index (χ3n) is 5.03. The molecule has 31 heavy (non-hydrogen) atoms. The van der Waals surface area contributed by atoms with Gasteiger partial charge in [0.2, 0.25) is 0 Å². The lowest BCUT2D eigenvalue weighted by Gasteiger charge is -2.12. The number of carbonyl (C=O) groups is 1. The standard InChI is InChI=1S/C24H21N5O2/c1-2-31-24-27-21-9-5-8-20(23(30)28-26)22(21)29(24)15-16-10-12-17(13-11-16)19-7-4-3-6-18(19)14-25/h3-13H,2,15,26H2,1H3,(H,28,30). The molecule has 1 amide bonds. The van der Waals surface area contributed by atoms with Gasteiger partial charge in [-0.1, -0.05) is 48.5 Å². The smallest absolute Gasteiger partial charge is 0.297 e. The predicted molar refractivity (Wildman–Crippen MR) is 118 cm³/mol. The van der Waals surface area contributed by atoms with Crippen LogP contribution in [0.1, 0.15) is 28.4 Å². The van der Waals surface area contributed by atoms with E-state index in [9.17, 15) is 10.1 Å². The van der Waals surface area contributed by atoms with Crippen molar-refractivity contribution in [1.82, 2.24) is 15.0 Å². The molecule has 1 heterocycles. The summed E-state index contributed by atoms with van der Waals surface area (Å²) in [4.78, 5) is 16.9. The Morgan fingerprint density at radius 3 is 2.61 bits per heavy atom. The van der Waals surface area contributed by atoms with Gasteiger partial charge in [0, 0.05) is 0 Å². The SMILES string of the molecule is CCOc1nc2cccc(C(=O)NN)c2n1Cc1ccc(-c2ccccc2C#N)cc1. The maximum absolute atomic E-state index is 12.3. The van der Waals surface area contributed by atoms with Crippen molar-refractivity contribution < 1.29 is 9.53 Å². The summed E-state index contributed by atoms with van der Waals surface area (Å²) in [5.41, 5.74) is 7.43. The van der Waals surface area contributed by atoms with Crippen LogP contribution >= 0.6 is 0 Å². The molecule has 0 unspecified atom stereocenters. The van der Waals surface area contributed by atoms with Crippen molar-refractivity contribution in [3.8, 4) is 23.2 Å². The Morgan fingerprint density at radius 2 is 1.90 bits per heavy atom. The molecule has 0 aliphatic carbocycles. The van der Waals surface area contributed by atoms with Crippen molar-refractivity contribution in [3.63, 3.8) is 0 Å². The van der Waals surface area contributed by atoms with Gasteiger partial charge >= 0.3 is 0 Å². The second-order valence-corrected chi connectivity index (χ2v) is 6.91. The molecule has 1 aromatic heterocycles. The summed E-state index contributed by atoms with van der Waals surface area (Å²) in [5.74, 6) is 4.98. The summed E-state index contributed by atoms with van der Waals surface area (Å²) in [6, 6.07) is 23.5. The van der Waals surface area contributed by atoms with E-state index in [0.717, 1.165) is 16.7 Å². The summed E-state index contributed by atoms with van der Waals surface area (Å²) in [7, 11) is 0. The minimum atomic E-state index is -0.391. The first kappa shape index (κ1) is 20.1. The van der Waals surface area contributed by atoms with E-state index in [1.807, 2.05) is 60.0 Å². The minimum absolute atomic E-state index is 0.391. The number of aromatic nitrogens is 2. The first-order valence-corrected chi connectivity index (χ1v) is 9.87. The number of carbonyl (C=O) groups excluding carboxylic acids is 1. The number of benzene rings is 3. The number of nitrogen functional groups attached to an aromatic ring is 1. The lowest BCUT2D eigenvalue weighted by molar-refractivity contribution is 0.0955. The number of nitrogens with zero attached hydrogens (tertiary/aromatic N) is 3. The average Bonchev–Trinajstić information content (AvgIpc) is 3.16. The molecule has 7 heteroatoms. The van der Waals surface area contributed by atoms with Crippen molar-refractivity contribution in [1.29, 1.82) is 5.26 Å². The minimum Gasteiger partial charge on any atom is -0.465 e. The Morgan fingerprint density at radius 1 is 1.13 bits per heavy atom. The number of hydrazine groups is 1. The number of ether oxygens (including phenoxy) is 1. The van der Waals surface area contributed by atoms with Gasteiger partial charge in [0.15, 0.2) is 0 Å². The Labute approximate surface area is 179 Å². The third kappa shape index (κ3) is 3.84. The van der Waals surface area contributed by atoms with Gasteiger partial charge in [-0.3, -0.25) is 14.8 Å². The van der Waals surface area contributed by atoms with Crippen LogP contribution in [-0.4, -0.2) is 22.1 Å². The van der Waals surface area contributed by atoms with Crippen molar-refractivity contribution in [2.45, 2.75) is 13.5 Å². The highest BCUT2D eigenvalue weighted by Gasteiger charge is 2.19. The van der Waals surface area contributed by atoms with E-state index in [2.05, 4.69) is 16.5 Å². The maximum Gasteiger partial charge on any atom is 0.297 e. The van der Waals surface area contributed by atoms with Gasteiger partial charge in [0.05, 0.1) is 41.4 Å². The summed E-state index contributed by atoms with van der Waals surface area (Å²) < 4.78 is 7.62. The first-order chi connectivity index (χ1) is 15.2. The van der Waals surface area contributed by atoms with Crippen LogP contribution in [0.5, 0.6) is 6.01 Å². The normalized spacial score (nSPS) is 10.6. The molecule has 0 bridgehead atoms. The van der Waals surface area contributed by atoms with E-state index in [-0.39, 0.29) is 0 Å².